The van der Waals surface area contributed by atoms with Crippen LogP contribution in [0.25, 0.3) is 5.65 Å². The number of nitrogens with one attached hydrogen (secondary N) is 1. The van der Waals surface area contributed by atoms with Gasteiger partial charge in [-0.25, -0.2) is 19.1 Å². The van der Waals surface area contributed by atoms with Crippen LogP contribution in [0.1, 0.15) is 75.9 Å². The maximum Gasteiger partial charge on any atom is 0.410 e. The second-order valence-electron chi connectivity index (χ2n) is 10.8. The lowest BCUT2D eigenvalue weighted by Gasteiger charge is -2.35. The molecule has 5 rings (SSSR count). The van der Waals surface area contributed by atoms with Crippen molar-refractivity contribution in [2.75, 3.05) is 6.54 Å². The summed E-state index contributed by atoms with van der Waals surface area (Å²) in [5.41, 5.74) is 1.68. The minimum absolute atomic E-state index is 0.192. The first-order chi connectivity index (χ1) is 17.6. The van der Waals surface area contributed by atoms with E-state index in [9.17, 15) is 9.59 Å². The predicted molar refractivity (Wildman–Crippen MR) is 138 cm³/mol. The van der Waals surface area contributed by atoms with E-state index in [-0.39, 0.29) is 18.7 Å². The van der Waals surface area contributed by atoms with E-state index in [4.69, 9.17) is 31.2 Å². The molecule has 0 bridgehead atoms. The van der Waals surface area contributed by atoms with Gasteiger partial charge in [0, 0.05) is 12.6 Å². The molecule has 1 atom stereocenters. The molecule has 0 unspecified atom stereocenters. The zero-order chi connectivity index (χ0) is 26.2. The molecule has 1 aliphatic heterocycles. The van der Waals surface area contributed by atoms with Gasteiger partial charge in [0.15, 0.2) is 5.65 Å². The number of alkyl carbamates (subject to hydrolysis) is 1. The number of aromatic nitrogens is 3. The highest BCUT2D eigenvalue weighted by Crippen LogP contribution is 2.45. The average molecular weight is 526 g/mol. The molecule has 3 aromatic rings. The number of benzene rings is 1. The van der Waals surface area contributed by atoms with E-state index in [0.29, 0.717) is 23.0 Å². The fourth-order valence-corrected chi connectivity index (χ4v) is 4.89. The normalized spacial score (nSPS) is 18.9. The third-order valence-corrected chi connectivity index (χ3v) is 6.94. The minimum Gasteiger partial charge on any atom is -0.445 e. The fraction of sp³-hybridized carbons (Fsp3) is 0.481. The van der Waals surface area contributed by atoms with Crippen molar-refractivity contribution in [3.8, 4) is 0 Å². The topological polar surface area (TPSA) is 98.1 Å². The zero-order valence-electron chi connectivity index (χ0n) is 21.4. The van der Waals surface area contributed by atoms with E-state index in [0.717, 1.165) is 43.4 Å². The van der Waals surface area contributed by atoms with Crippen molar-refractivity contribution >= 4 is 29.4 Å². The first kappa shape index (κ1) is 25.3. The highest BCUT2D eigenvalue weighted by atomic mass is 35.5. The molecule has 3 heterocycles. The number of piperidine rings is 1. The van der Waals surface area contributed by atoms with E-state index < -0.39 is 17.2 Å². The van der Waals surface area contributed by atoms with Crippen molar-refractivity contribution in [3.63, 3.8) is 0 Å². The molecule has 2 amide bonds. The minimum atomic E-state index is -0.614. The molecule has 1 N–H and O–H groups in total. The second kappa shape index (κ2) is 9.85. The van der Waals surface area contributed by atoms with Gasteiger partial charge in [-0.2, -0.15) is 5.10 Å². The fourth-order valence-electron chi connectivity index (χ4n) is 4.67. The number of rotatable bonds is 5. The number of fused-ring (bicyclic) bond motifs is 1. The van der Waals surface area contributed by atoms with Crippen molar-refractivity contribution in [1.29, 1.82) is 0 Å². The molecular formula is C27H32ClN5O4. The molecule has 0 spiro atoms. The highest BCUT2D eigenvalue weighted by molar-refractivity contribution is 6.29. The molecule has 2 aromatic heterocycles. The Bertz CT molecular complexity index is 1300. The van der Waals surface area contributed by atoms with Crippen molar-refractivity contribution in [2.45, 2.75) is 76.7 Å². The molecule has 10 heteroatoms. The van der Waals surface area contributed by atoms with Crippen LogP contribution >= 0.6 is 11.6 Å². The molecular weight excluding hydrogens is 494 g/mol. The third-order valence-electron chi connectivity index (χ3n) is 6.67. The lowest BCUT2D eigenvalue weighted by Crippen LogP contribution is -2.42. The predicted octanol–water partition coefficient (Wildman–Crippen LogP) is 5.76. The van der Waals surface area contributed by atoms with E-state index in [1.165, 1.54) is 0 Å². The number of nitrogens with zero attached hydrogens (tertiary/aromatic N) is 4. The first-order valence-electron chi connectivity index (χ1n) is 12.7. The number of amides is 2. The summed E-state index contributed by atoms with van der Waals surface area (Å²) in [6.45, 7) is 6.38. The summed E-state index contributed by atoms with van der Waals surface area (Å²) in [6, 6.07) is 12.9. The molecule has 1 aliphatic carbocycles. The Morgan fingerprint density at radius 1 is 1.16 bits per heavy atom. The van der Waals surface area contributed by atoms with E-state index >= 15 is 0 Å². The van der Waals surface area contributed by atoms with E-state index in [1.807, 2.05) is 57.2 Å². The maximum atomic E-state index is 12.9. The Balaban J connectivity index is 1.34. The van der Waals surface area contributed by atoms with Crippen LogP contribution in [0.15, 0.2) is 42.5 Å². The average Bonchev–Trinajstić information content (AvgIpc) is 3.50. The lowest BCUT2D eigenvalue weighted by molar-refractivity contribution is 0.00897. The van der Waals surface area contributed by atoms with Gasteiger partial charge in [0.2, 0.25) is 0 Å². The molecule has 196 valence electrons. The molecule has 9 nitrogen and oxygen atoms in total. The van der Waals surface area contributed by atoms with Crippen LogP contribution in [0.3, 0.4) is 0 Å². The van der Waals surface area contributed by atoms with Gasteiger partial charge < -0.3 is 14.8 Å². The Labute approximate surface area is 221 Å². The van der Waals surface area contributed by atoms with Gasteiger partial charge in [0.05, 0.1) is 23.0 Å². The Kier molecular flexibility index (Phi) is 6.74. The van der Waals surface area contributed by atoms with Gasteiger partial charge in [-0.05, 0) is 64.5 Å². The third kappa shape index (κ3) is 5.66. The number of ether oxygens (including phenoxy) is 2. The summed E-state index contributed by atoms with van der Waals surface area (Å²) in [7, 11) is 0. The molecule has 0 radical (unpaired) electrons. The van der Waals surface area contributed by atoms with Crippen LogP contribution in [0.2, 0.25) is 5.15 Å². The molecule has 1 saturated carbocycles. The van der Waals surface area contributed by atoms with Crippen LogP contribution in [0.5, 0.6) is 0 Å². The van der Waals surface area contributed by atoms with Crippen LogP contribution in [-0.4, -0.2) is 43.8 Å². The van der Waals surface area contributed by atoms with Crippen molar-refractivity contribution in [1.82, 2.24) is 24.8 Å². The van der Waals surface area contributed by atoms with Gasteiger partial charge in [-0.15, -0.1) is 0 Å². The van der Waals surface area contributed by atoms with E-state index in [1.54, 1.807) is 15.5 Å². The van der Waals surface area contributed by atoms with Crippen molar-refractivity contribution in [3.05, 3.63) is 64.6 Å². The molecule has 37 heavy (non-hydrogen) atoms. The van der Waals surface area contributed by atoms with Crippen LogP contribution in [0.4, 0.5) is 9.59 Å². The van der Waals surface area contributed by atoms with Gasteiger partial charge in [-0.1, -0.05) is 41.9 Å². The number of carbonyl (C=O) groups excluding carboxylic acids is 2. The Hall–Kier alpha value is -3.33. The number of hydrogen-bond donors (Lipinski definition) is 1. The maximum absolute atomic E-state index is 12.9. The monoisotopic (exact) mass is 525 g/mol. The summed E-state index contributed by atoms with van der Waals surface area (Å²) >= 11 is 6.62. The van der Waals surface area contributed by atoms with Crippen LogP contribution in [-0.2, 0) is 21.6 Å². The SMILES string of the molecule is CC(C)(C)OC(=O)N1CCCC[C@H]1c1cc2nc(C3(NC(=O)OCc4ccccc4)CC3)cc(Cl)n2n1. The number of carbonyl (C=O) groups is 2. The summed E-state index contributed by atoms with van der Waals surface area (Å²) in [4.78, 5) is 32.0. The van der Waals surface area contributed by atoms with Gasteiger partial charge in [0.1, 0.15) is 17.4 Å². The lowest BCUT2D eigenvalue weighted by atomic mass is 10.00. The standard InChI is InChI=1S/C27H32ClN5O4/c1-26(2,3)37-25(35)32-14-8-7-11-20(32)19-15-23-29-21(16-22(28)33(23)31-19)27(12-13-27)30-24(34)36-17-18-9-5-4-6-10-18/h4-6,9-10,15-16,20H,7-8,11-14,17H2,1-3H3,(H,30,34)/t20-/m0/s1. The first-order valence-corrected chi connectivity index (χ1v) is 13.1. The Morgan fingerprint density at radius 2 is 1.92 bits per heavy atom. The van der Waals surface area contributed by atoms with Gasteiger partial charge in [-0.3, -0.25) is 4.90 Å². The van der Waals surface area contributed by atoms with Crippen molar-refractivity contribution < 1.29 is 19.1 Å². The van der Waals surface area contributed by atoms with Crippen molar-refractivity contribution in [2.24, 2.45) is 0 Å². The highest BCUT2D eigenvalue weighted by Gasteiger charge is 2.48. The van der Waals surface area contributed by atoms with Crippen LogP contribution < -0.4 is 5.32 Å². The molecule has 1 saturated heterocycles. The smallest absolute Gasteiger partial charge is 0.410 e. The Morgan fingerprint density at radius 3 is 2.62 bits per heavy atom. The van der Waals surface area contributed by atoms with Crippen LogP contribution in [0, 0.1) is 0 Å². The summed E-state index contributed by atoms with van der Waals surface area (Å²) in [5, 5.41) is 8.06. The largest absolute Gasteiger partial charge is 0.445 e. The molecule has 2 fully saturated rings. The summed E-state index contributed by atoms with van der Waals surface area (Å²) in [6.07, 6.45) is 3.33. The van der Waals surface area contributed by atoms with E-state index in [2.05, 4.69) is 5.32 Å². The quantitative estimate of drug-likeness (QED) is 0.425. The number of likely N-dealkylation sites (tertiary alicyclic amines) is 1. The summed E-state index contributed by atoms with van der Waals surface area (Å²) in [5.74, 6) is 0. The molecule has 1 aromatic carbocycles. The zero-order valence-corrected chi connectivity index (χ0v) is 22.1. The summed E-state index contributed by atoms with van der Waals surface area (Å²) < 4.78 is 12.6. The van der Waals surface area contributed by atoms with Gasteiger partial charge in [0.25, 0.3) is 0 Å². The number of hydrogen-bond acceptors (Lipinski definition) is 6. The second-order valence-corrected chi connectivity index (χ2v) is 11.1. The van der Waals surface area contributed by atoms with Gasteiger partial charge >= 0.3 is 12.2 Å². The number of halogens is 1. The molecule has 2 aliphatic rings.